The van der Waals surface area contributed by atoms with Gasteiger partial charge in [-0.25, -0.2) is 22.9 Å². The quantitative estimate of drug-likeness (QED) is 0.833. The minimum atomic E-state index is -3.88. The number of sulfonamides is 1. The van der Waals surface area contributed by atoms with Crippen LogP contribution in [-0.4, -0.2) is 31.5 Å². The first-order valence-electron chi connectivity index (χ1n) is 5.90. The molecule has 0 amide bonds. The number of aromatic nitrogens is 2. The molecule has 0 aliphatic carbocycles. The van der Waals surface area contributed by atoms with Crippen molar-refractivity contribution in [2.24, 2.45) is 0 Å². The van der Waals surface area contributed by atoms with Crippen LogP contribution in [-0.2, 0) is 14.8 Å². The van der Waals surface area contributed by atoms with Crippen LogP contribution in [0.25, 0.3) is 0 Å². The summed E-state index contributed by atoms with van der Waals surface area (Å²) in [5.74, 6) is -0.790. The number of esters is 1. The highest BCUT2D eigenvalue weighted by Gasteiger charge is 2.28. The van der Waals surface area contributed by atoms with Crippen LogP contribution in [0.2, 0.25) is 0 Å². The number of carbonyl (C=O) groups is 1. The second-order valence-electron chi connectivity index (χ2n) is 4.08. The molecule has 1 N–H and O–H groups in total. The average molecular weight is 327 g/mol. The lowest BCUT2D eigenvalue weighted by molar-refractivity contribution is 0.0590. The van der Waals surface area contributed by atoms with E-state index in [0.717, 1.165) is 11.3 Å². The van der Waals surface area contributed by atoms with Crippen molar-refractivity contribution in [1.82, 2.24) is 14.7 Å². The van der Waals surface area contributed by atoms with Crippen LogP contribution in [0.5, 0.6) is 0 Å². The molecule has 0 unspecified atom stereocenters. The smallest absolute Gasteiger partial charge is 0.358 e. The lowest BCUT2D eigenvalue weighted by Crippen LogP contribution is -2.28. The summed E-state index contributed by atoms with van der Waals surface area (Å²) in [7, 11) is -2.72. The van der Waals surface area contributed by atoms with Gasteiger partial charge in [-0.05, 0) is 19.1 Å². The molecular weight excluding hydrogens is 314 g/mol. The summed E-state index contributed by atoms with van der Waals surface area (Å²) in [6.45, 7) is 1.67. The zero-order valence-corrected chi connectivity index (χ0v) is 12.9. The standard InChI is InChI=1S/C12H13N3O4S2/c1-8(9-5-3-4-6-13-9)15-21(17,18)12-10(11(16)19-2)14-7-20-12/h3-8,15H,1-2H3/t8-/m1/s1. The van der Waals surface area contributed by atoms with E-state index >= 15 is 0 Å². The van der Waals surface area contributed by atoms with Gasteiger partial charge in [-0.3, -0.25) is 4.98 Å². The molecule has 112 valence electrons. The number of ether oxygens (including phenoxy) is 1. The Balaban J connectivity index is 2.27. The third-order valence-corrected chi connectivity index (χ3v) is 5.53. The molecule has 1 atom stereocenters. The number of carbonyl (C=O) groups excluding carboxylic acids is 1. The summed E-state index contributed by atoms with van der Waals surface area (Å²) >= 11 is 0.855. The Kier molecular flexibility index (Phi) is 4.66. The summed E-state index contributed by atoms with van der Waals surface area (Å²) in [6.07, 6.45) is 1.58. The third kappa shape index (κ3) is 3.43. The fraction of sp³-hybridized carbons (Fsp3) is 0.250. The Morgan fingerprint density at radius 3 is 2.76 bits per heavy atom. The summed E-state index contributed by atoms with van der Waals surface area (Å²) in [4.78, 5) is 19.3. The van der Waals surface area contributed by atoms with E-state index in [9.17, 15) is 13.2 Å². The highest BCUT2D eigenvalue weighted by atomic mass is 32.2. The van der Waals surface area contributed by atoms with E-state index in [0.29, 0.717) is 5.69 Å². The van der Waals surface area contributed by atoms with Gasteiger partial charge in [0.2, 0.25) is 0 Å². The van der Waals surface area contributed by atoms with Crippen LogP contribution >= 0.6 is 11.3 Å². The molecule has 0 aliphatic rings. The second kappa shape index (κ2) is 6.29. The number of hydrogen-bond donors (Lipinski definition) is 1. The van der Waals surface area contributed by atoms with Crippen molar-refractivity contribution < 1.29 is 17.9 Å². The molecule has 0 radical (unpaired) electrons. The highest BCUT2D eigenvalue weighted by molar-refractivity contribution is 7.91. The van der Waals surface area contributed by atoms with Gasteiger partial charge in [-0.2, -0.15) is 0 Å². The van der Waals surface area contributed by atoms with Crippen molar-refractivity contribution in [2.75, 3.05) is 7.11 Å². The first-order valence-corrected chi connectivity index (χ1v) is 8.27. The van der Waals surface area contributed by atoms with Gasteiger partial charge in [-0.15, -0.1) is 11.3 Å². The van der Waals surface area contributed by atoms with E-state index in [1.165, 1.54) is 12.6 Å². The number of nitrogens with one attached hydrogen (secondary N) is 1. The molecule has 0 aliphatic heterocycles. The predicted molar refractivity (Wildman–Crippen MR) is 76.4 cm³/mol. The molecule has 7 nitrogen and oxygen atoms in total. The van der Waals surface area contributed by atoms with E-state index in [-0.39, 0.29) is 9.90 Å². The maximum Gasteiger partial charge on any atom is 0.358 e. The maximum absolute atomic E-state index is 12.3. The van der Waals surface area contributed by atoms with Crippen molar-refractivity contribution in [1.29, 1.82) is 0 Å². The Morgan fingerprint density at radius 2 is 2.14 bits per heavy atom. The number of rotatable bonds is 5. The molecule has 0 saturated carbocycles. The van der Waals surface area contributed by atoms with E-state index in [1.807, 2.05) is 0 Å². The molecule has 0 bridgehead atoms. The molecular formula is C12H13N3O4S2. The normalized spacial score (nSPS) is 12.9. The molecule has 2 aromatic heterocycles. The SMILES string of the molecule is COC(=O)c1ncsc1S(=O)(=O)N[C@H](C)c1ccccn1. The highest BCUT2D eigenvalue weighted by Crippen LogP contribution is 2.22. The number of methoxy groups -OCH3 is 1. The summed E-state index contributed by atoms with van der Waals surface area (Å²) in [5, 5.41) is 0. The van der Waals surface area contributed by atoms with Gasteiger partial charge >= 0.3 is 5.97 Å². The minimum absolute atomic E-state index is 0.169. The van der Waals surface area contributed by atoms with Gasteiger partial charge in [0.1, 0.15) is 0 Å². The van der Waals surface area contributed by atoms with Crippen molar-refractivity contribution in [2.45, 2.75) is 17.2 Å². The minimum Gasteiger partial charge on any atom is -0.464 e. The Bertz CT molecular complexity index is 728. The summed E-state index contributed by atoms with van der Waals surface area (Å²) in [6, 6.07) is 4.67. The molecule has 0 saturated heterocycles. The lowest BCUT2D eigenvalue weighted by Gasteiger charge is -2.13. The van der Waals surface area contributed by atoms with Crippen molar-refractivity contribution in [3.05, 3.63) is 41.3 Å². The molecule has 21 heavy (non-hydrogen) atoms. The Hall–Kier alpha value is -1.84. The summed E-state index contributed by atoms with van der Waals surface area (Å²) < 4.78 is 31.5. The third-order valence-electron chi connectivity index (χ3n) is 2.62. The van der Waals surface area contributed by atoms with Crippen molar-refractivity contribution >= 4 is 27.3 Å². The van der Waals surface area contributed by atoms with Gasteiger partial charge in [0, 0.05) is 6.20 Å². The fourth-order valence-electron chi connectivity index (χ4n) is 1.64. The molecule has 2 aromatic rings. The van der Waals surface area contributed by atoms with Crippen LogP contribution in [0.3, 0.4) is 0 Å². The zero-order valence-electron chi connectivity index (χ0n) is 11.3. The van der Waals surface area contributed by atoms with Gasteiger partial charge in [0.25, 0.3) is 10.0 Å². The zero-order chi connectivity index (χ0) is 15.5. The van der Waals surface area contributed by atoms with Crippen LogP contribution in [0.1, 0.15) is 29.1 Å². The summed E-state index contributed by atoms with van der Waals surface area (Å²) in [5.41, 5.74) is 1.64. The van der Waals surface area contributed by atoms with E-state index < -0.39 is 22.0 Å². The van der Waals surface area contributed by atoms with Gasteiger partial charge < -0.3 is 4.74 Å². The maximum atomic E-state index is 12.3. The molecule has 0 fully saturated rings. The molecule has 0 aromatic carbocycles. The fourth-order valence-corrected chi connectivity index (χ4v) is 4.00. The second-order valence-corrected chi connectivity index (χ2v) is 6.84. The first-order chi connectivity index (χ1) is 9.95. The number of nitrogens with zero attached hydrogens (tertiary/aromatic N) is 2. The van der Waals surface area contributed by atoms with Gasteiger partial charge in [0.05, 0.1) is 24.4 Å². The molecule has 2 rings (SSSR count). The van der Waals surface area contributed by atoms with E-state index in [4.69, 9.17) is 0 Å². The number of pyridine rings is 1. The van der Waals surface area contributed by atoms with Crippen molar-refractivity contribution in [3.63, 3.8) is 0 Å². The molecule has 2 heterocycles. The van der Waals surface area contributed by atoms with Crippen LogP contribution in [0, 0.1) is 0 Å². The molecule has 0 spiro atoms. The lowest BCUT2D eigenvalue weighted by atomic mass is 10.2. The van der Waals surface area contributed by atoms with Crippen LogP contribution in [0.15, 0.2) is 34.1 Å². The Morgan fingerprint density at radius 1 is 1.38 bits per heavy atom. The van der Waals surface area contributed by atoms with Crippen LogP contribution in [0.4, 0.5) is 0 Å². The predicted octanol–water partition coefficient (Wildman–Crippen LogP) is 1.36. The monoisotopic (exact) mass is 327 g/mol. The van der Waals surface area contributed by atoms with Crippen molar-refractivity contribution in [3.8, 4) is 0 Å². The molecule has 9 heteroatoms. The first kappa shape index (κ1) is 15.5. The van der Waals surface area contributed by atoms with Gasteiger partial charge in [-0.1, -0.05) is 6.07 Å². The number of hydrogen-bond acceptors (Lipinski definition) is 7. The van der Waals surface area contributed by atoms with E-state index in [1.54, 1.807) is 31.3 Å². The van der Waals surface area contributed by atoms with E-state index in [2.05, 4.69) is 19.4 Å². The van der Waals surface area contributed by atoms with Crippen LogP contribution < -0.4 is 4.72 Å². The topological polar surface area (TPSA) is 98.2 Å². The van der Waals surface area contributed by atoms with Gasteiger partial charge in [0.15, 0.2) is 9.90 Å². The average Bonchev–Trinajstić information content (AvgIpc) is 2.97. The largest absolute Gasteiger partial charge is 0.464 e. The number of thiazole rings is 1. The Labute approximate surface area is 126 Å².